The molecular formula is C14H23FN2O. The van der Waals surface area contributed by atoms with Crippen molar-refractivity contribution in [1.29, 1.82) is 0 Å². The lowest BCUT2D eigenvalue weighted by atomic mass is 9.85. The average Bonchev–Trinajstić information content (AvgIpc) is 2.34. The Bertz CT molecular complexity index is 384. The molecule has 1 unspecified atom stereocenters. The number of likely N-dealkylation sites (N-methyl/N-ethyl adjacent to an activating group) is 1. The minimum Gasteiger partial charge on any atom is -0.382 e. The van der Waals surface area contributed by atoms with E-state index in [1.165, 1.54) is 12.1 Å². The van der Waals surface area contributed by atoms with E-state index in [9.17, 15) is 4.39 Å². The van der Waals surface area contributed by atoms with Crippen LogP contribution in [-0.4, -0.2) is 32.8 Å². The second-order valence-electron chi connectivity index (χ2n) is 4.93. The highest BCUT2D eigenvalue weighted by molar-refractivity contribution is 5.49. The van der Waals surface area contributed by atoms with E-state index in [-0.39, 0.29) is 17.3 Å². The van der Waals surface area contributed by atoms with Crippen molar-refractivity contribution < 1.29 is 9.13 Å². The van der Waals surface area contributed by atoms with Gasteiger partial charge in [0, 0.05) is 26.4 Å². The van der Waals surface area contributed by atoms with E-state index in [4.69, 9.17) is 10.5 Å². The van der Waals surface area contributed by atoms with E-state index >= 15 is 0 Å². The summed E-state index contributed by atoms with van der Waals surface area (Å²) in [5.41, 5.74) is 6.44. The highest BCUT2D eigenvalue weighted by atomic mass is 19.1. The van der Waals surface area contributed by atoms with Gasteiger partial charge < -0.3 is 15.4 Å². The normalized spacial score (nSPS) is 14.6. The first-order valence-electron chi connectivity index (χ1n) is 6.16. The summed E-state index contributed by atoms with van der Waals surface area (Å²) in [6.45, 7) is 5.16. The SMILES string of the molecule is COCC(CN)(C(C)C)N(C)c1cccc(F)c1. The molecule has 0 heterocycles. The molecule has 1 aromatic carbocycles. The third-order valence-electron chi connectivity index (χ3n) is 3.69. The predicted molar refractivity (Wildman–Crippen MR) is 73.3 cm³/mol. The van der Waals surface area contributed by atoms with Crippen LogP contribution in [0.4, 0.5) is 10.1 Å². The minimum atomic E-state index is -0.331. The summed E-state index contributed by atoms with van der Waals surface area (Å²) >= 11 is 0. The molecular weight excluding hydrogens is 231 g/mol. The second kappa shape index (κ2) is 6.16. The molecule has 102 valence electrons. The van der Waals surface area contributed by atoms with Crippen molar-refractivity contribution in [3.63, 3.8) is 0 Å². The van der Waals surface area contributed by atoms with Crippen molar-refractivity contribution in [3.05, 3.63) is 30.1 Å². The van der Waals surface area contributed by atoms with Crippen molar-refractivity contribution in [1.82, 2.24) is 0 Å². The van der Waals surface area contributed by atoms with E-state index in [2.05, 4.69) is 13.8 Å². The largest absolute Gasteiger partial charge is 0.382 e. The maximum atomic E-state index is 13.3. The van der Waals surface area contributed by atoms with Gasteiger partial charge in [-0.1, -0.05) is 19.9 Å². The number of ether oxygens (including phenoxy) is 1. The molecule has 0 spiro atoms. The Morgan fingerprint density at radius 1 is 1.44 bits per heavy atom. The van der Waals surface area contributed by atoms with Crippen LogP contribution in [-0.2, 0) is 4.74 Å². The van der Waals surface area contributed by atoms with Gasteiger partial charge in [0.1, 0.15) is 5.82 Å². The van der Waals surface area contributed by atoms with Gasteiger partial charge >= 0.3 is 0 Å². The van der Waals surface area contributed by atoms with Crippen molar-refractivity contribution in [2.24, 2.45) is 11.7 Å². The van der Waals surface area contributed by atoms with Crippen LogP contribution in [0.3, 0.4) is 0 Å². The number of benzene rings is 1. The van der Waals surface area contributed by atoms with Crippen molar-refractivity contribution >= 4 is 5.69 Å². The average molecular weight is 254 g/mol. The lowest BCUT2D eigenvalue weighted by Crippen LogP contribution is -2.59. The molecule has 0 radical (unpaired) electrons. The smallest absolute Gasteiger partial charge is 0.125 e. The van der Waals surface area contributed by atoms with Gasteiger partial charge in [0.15, 0.2) is 0 Å². The fourth-order valence-corrected chi connectivity index (χ4v) is 2.27. The summed E-state index contributed by atoms with van der Waals surface area (Å²) in [5, 5.41) is 0. The van der Waals surface area contributed by atoms with Gasteiger partial charge in [0.05, 0.1) is 12.1 Å². The van der Waals surface area contributed by atoms with Gasteiger partial charge in [-0.25, -0.2) is 4.39 Å². The van der Waals surface area contributed by atoms with Crippen LogP contribution in [0.2, 0.25) is 0 Å². The van der Waals surface area contributed by atoms with Crippen molar-refractivity contribution in [3.8, 4) is 0 Å². The van der Waals surface area contributed by atoms with Gasteiger partial charge in [-0.05, 0) is 24.1 Å². The molecule has 0 bridgehead atoms. The molecule has 1 aromatic rings. The van der Waals surface area contributed by atoms with Gasteiger partial charge in [0.25, 0.3) is 0 Å². The number of rotatable bonds is 6. The molecule has 0 aliphatic rings. The molecule has 0 fully saturated rings. The Kier molecular flexibility index (Phi) is 5.11. The summed E-state index contributed by atoms with van der Waals surface area (Å²) in [5.74, 6) is 0.0437. The van der Waals surface area contributed by atoms with Crippen LogP contribution in [0.5, 0.6) is 0 Å². The van der Waals surface area contributed by atoms with E-state index in [1.807, 2.05) is 18.0 Å². The topological polar surface area (TPSA) is 38.5 Å². The highest BCUT2D eigenvalue weighted by Crippen LogP contribution is 2.29. The van der Waals surface area contributed by atoms with E-state index in [0.29, 0.717) is 13.2 Å². The maximum Gasteiger partial charge on any atom is 0.125 e. The first kappa shape index (κ1) is 14.9. The number of nitrogens with two attached hydrogens (primary N) is 1. The predicted octanol–water partition coefficient (Wildman–Crippen LogP) is 2.26. The lowest BCUT2D eigenvalue weighted by molar-refractivity contribution is 0.106. The van der Waals surface area contributed by atoms with Gasteiger partial charge in [0.2, 0.25) is 0 Å². The summed E-state index contributed by atoms with van der Waals surface area (Å²) in [6.07, 6.45) is 0. The number of methoxy groups -OCH3 is 1. The van der Waals surface area contributed by atoms with Crippen LogP contribution < -0.4 is 10.6 Å². The number of hydrogen-bond acceptors (Lipinski definition) is 3. The number of nitrogens with zero attached hydrogens (tertiary/aromatic N) is 1. The van der Waals surface area contributed by atoms with E-state index in [0.717, 1.165) is 5.69 Å². The third kappa shape index (κ3) is 2.82. The third-order valence-corrected chi connectivity index (χ3v) is 3.69. The van der Waals surface area contributed by atoms with Crippen LogP contribution in [0, 0.1) is 11.7 Å². The zero-order valence-corrected chi connectivity index (χ0v) is 11.6. The van der Waals surface area contributed by atoms with Crippen LogP contribution in [0.25, 0.3) is 0 Å². The summed E-state index contributed by atoms with van der Waals surface area (Å²) < 4.78 is 18.6. The molecule has 0 aliphatic carbocycles. The molecule has 0 amide bonds. The molecule has 1 rings (SSSR count). The lowest BCUT2D eigenvalue weighted by Gasteiger charge is -2.45. The van der Waals surface area contributed by atoms with Crippen LogP contribution >= 0.6 is 0 Å². The standard InChI is InChI=1S/C14H23FN2O/c1-11(2)14(9-16,10-18-4)17(3)13-7-5-6-12(15)8-13/h5-8,11H,9-10,16H2,1-4H3. The Morgan fingerprint density at radius 3 is 2.56 bits per heavy atom. The molecule has 0 aromatic heterocycles. The Morgan fingerprint density at radius 2 is 2.11 bits per heavy atom. The molecule has 0 saturated carbocycles. The second-order valence-corrected chi connectivity index (χ2v) is 4.93. The quantitative estimate of drug-likeness (QED) is 0.846. The Balaban J connectivity index is 3.12. The number of hydrogen-bond donors (Lipinski definition) is 1. The first-order valence-corrected chi connectivity index (χ1v) is 6.16. The fourth-order valence-electron chi connectivity index (χ4n) is 2.27. The summed E-state index contributed by atoms with van der Waals surface area (Å²) in [4.78, 5) is 2.02. The molecule has 4 heteroatoms. The number of halogens is 1. The molecule has 3 nitrogen and oxygen atoms in total. The highest BCUT2D eigenvalue weighted by Gasteiger charge is 2.37. The molecule has 0 saturated heterocycles. The van der Waals surface area contributed by atoms with Gasteiger partial charge in [-0.15, -0.1) is 0 Å². The van der Waals surface area contributed by atoms with E-state index < -0.39 is 0 Å². The molecule has 1 atom stereocenters. The van der Waals surface area contributed by atoms with Gasteiger partial charge in [-0.2, -0.15) is 0 Å². The Labute approximate surface area is 109 Å². The minimum absolute atomic E-state index is 0.244. The monoisotopic (exact) mass is 254 g/mol. The van der Waals surface area contributed by atoms with Crippen molar-refractivity contribution in [2.45, 2.75) is 19.4 Å². The number of anilines is 1. The maximum absolute atomic E-state index is 13.3. The van der Waals surface area contributed by atoms with Crippen LogP contribution in [0.1, 0.15) is 13.8 Å². The fraction of sp³-hybridized carbons (Fsp3) is 0.571. The van der Waals surface area contributed by atoms with Gasteiger partial charge in [-0.3, -0.25) is 0 Å². The molecule has 2 N–H and O–H groups in total. The molecule has 18 heavy (non-hydrogen) atoms. The zero-order valence-electron chi connectivity index (χ0n) is 11.6. The zero-order chi connectivity index (χ0) is 13.8. The van der Waals surface area contributed by atoms with Crippen molar-refractivity contribution in [2.75, 3.05) is 32.2 Å². The van der Waals surface area contributed by atoms with E-state index in [1.54, 1.807) is 13.2 Å². The summed E-state index contributed by atoms with van der Waals surface area (Å²) in [7, 11) is 3.59. The van der Waals surface area contributed by atoms with Crippen LogP contribution in [0.15, 0.2) is 24.3 Å². The first-order chi connectivity index (χ1) is 8.47. The summed E-state index contributed by atoms with van der Waals surface area (Å²) in [6, 6.07) is 6.54. The Hall–Kier alpha value is -1.13. The molecule has 0 aliphatic heterocycles.